The maximum absolute atomic E-state index is 14.7. The second kappa shape index (κ2) is 44.7. The lowest BCUT2D eigenvalue weighted by molar-refractivity contribution is -0.142. The second-order valence-electron chi connectivity index (χ2n) is 22.6. The van der Waals surface area contributed by atoms with E-state index in [9.17, 15) is 58.2 Å². The topological polar surface area (TPSA) is 576 Å². The minimum absolute atomic E-state index is 0.0261. The number of ketones is 4. The Balaban J connectivity index is 2.39. The summed E-state index contributed by atoms with van der Waals surface area (Å²) in [5, 5.41) is 34.9. The van der Waals surface area contributed by atoms with Gasteiger partial charge in [-0.3, -0.25) is 52.9 Å². The van der Waals surface area contributed by atoms with Gasteiger partial charge in [-0.05, 0) is 116 Å². The van der Waals surface area contributed by atoms with Crippen LogP contribution in [0, 0.1) is 17.8 Å². The van der Waals surface area contributed by atoms with Crippen molar-refractivity contribution in [3.63, 3.8) is 0 Å². The highest BCUT2D eigenvalue weighted by Gasteiger charge is 2.40. The molecule has 1 aromatic rings. The first-order valence-corrected chi connectivity index (χ1v) is 31.3. The van der Waals surface area contributed by atoms with Crippen LogP contribution in [0.2, 0.25) is 0 Å². The van der Waals surface area contributed by atoms with Crippen LogP contribution in [0.4, 0.5) is 0 Å². The average molecular weight is 1260 g/mol. The molecule has 31 nitrogen and oxygen atoms in total. The summed E-state index contributed by atoms with van der Waals surface area (Å²) in [7, 11) is 0. The molecule has 1 aliphatic rings. The van der Waals surface area contributed by atoms with Gasteiger partial charge in [0.2, 0.25) is 35.4 Å². The first-order valence-electron chi connectivity index (χ1n) is 31.3. The fourth-order valence-electron chi connectivity index (χ4n) is 10.2. The number of Topliss-reactive ketones (excluding diaryl/α,β-unsaturated/α-hetero) is 4. The van der Waals surface area contributed by atoms with Gasteiger partial charge in [0.1, 0.15) is 23.9 Å². The third-order valence-corrected chi connectivity index (χ3v) is 15.5. The number of aliphatic imine (C=N–C) groups is 1. The van der Waals surface area contributed by atoms with E-state index in [2.05, 4.69) is 41.5 Å². The molecule has 0 spiro atoms. The third kappa shape index (κ3) is 29.7. The number of aromatic amines is 1. The molecule has 1 fully saturated rings. The van der Waals surface area contributed by atoms with E-state index in [4.69, 9.17) is 57.3 Å². The molecule has 504 valence electrons. The maximum atomic E-state index is 14.7. The van der Waals surface area contributed by atoms with E-state index in [0.29, 0.717) is 96.1 Å². The van der Waals surface area contributed by atoms with Crippen LogP contribution in [0.3, 0.4) is 0 Å². The number of carbonyl (C=O) groups excluding carboxylic acids is 10. The maximum Gasteiger partial charge on any atom is 0.245 e. The Labute approximate surface area is 521 Å². The number of amides is 6. The SMILES string of the molecule is NCCCCNC(=O)C(CCCCN)CC(=O)/C(=C/CCN=C(N)N)NC(=O)C(CCCCN)CC(=O)C(Cc1cnc[nH]1)NC(=O)C1CCCN1C(=O)C(CCCN)NC(=O)CCC(=O)C(NC(=O)C(CC(=O)C(N)CCCCN)C(O)CN)C(O)CN. The van der Waals surface area contributed by atoms with Crippen molar-refractivity contribution in [1.82, 2.24) is 41.5 Å². The van der Waals surface area contributed by atoms with Crippen molar-refractivity contribution in [1.29, 1.82) is 0 Å². The average Bonchev–Trinajstić information content (AvgIpc) is 3.90. The fraction of sp³-hybridized carbons (Fsp3) is 0.724. The van der Waals surface area contributed by atoms with E-state index < -0.39 is 152 Å². The summed E-state index contributed by atoms with van der Waals surface area (Å²) < 4.78 is 0. The van der Waals surface area contributed by atoms with Crippen LogP contribution in [0.25, 0.3) is 0 Å². The van der Waals surface area contributed by atoms with Crippen molar-refractivity contribution in [2.45, 2.75) is 184 Å². The number of hydrogen-bond acceptors (Lipinski definition) is 22. The van der Waals surface area contributed by atoms with Crippen molar-refractivity contribution in [2.75, 3.05) is 65.4 Å². The molecular formula is C58H105N19O12. The summed E-state index contributed by atoms with van der Waals surface area (Å²) in [6.07, 6.45) is 5.05. The molecule has 1 saturated heterocycles. The van der Waals surface area contributed by atoms with Gasteiger partial charge in [-0.2, -0.15) is 0 Å². The number of aromatic nitrogens is 2. The number of nitrogens with two attached hydrogens (primary N) is 10. The van der Waals surface area contributed by atoms with Crippen LogP contribution >= 0.6 is 0 Å². The summed E-state index contributed by atoms with van der Waals surface area (Å²) in [6, 6.07) is -6.28. The Bertz CT molecular complexity index is 2410. The summed E-state index contributed by atoms with van der Waals surface area (Å²) in [5.41, 5.74) is 57.4. The van der Waals surface area contributed by atoms with Gasteiger partial charge in [0.05, 0.1) is 42.2 Å². The number of allylic oxidation sites excluding steroid dienone is 1. The van der Waals surface area contributed by atoms with Gasteiger partial charge in [-0.1, -0.05) is 25.3 Å². The van der Waals surface area contributed by atoms with E-state index in [0.717, 1.165) is 0 Å². The molecule has 2 heterocycles. The summed E-state index contributed by atoms with van der Waals surface area (Å²) in [5.74, 6) is -10.0. The number of likely N-dealkylation sites (tertiary alicyclic amines) is 1. The normalized spacial score (nSPS) is 16.3. The van der Waals surface area contributed by atoms with Crippen molar-refractivity contribution in [2.24, 2.45) is 80.1 Å². The number of guanidine groups is 1. The molecule has 0 radical (unpaired) electrons. The van der Waals surface area contributed by atoms with Gasteiger partial charge < -0.3 is 104 Å². The number of imidazole rings is 1. The van der Waals surface area contributed by atoms with Crippen LogP contribution in [-0.2, 0) is 54.4 Å². The van der Waals surface area contributed by atoms with Crippen LogP contribution in [0.5, 0.6) is 0 Å². The zero-order valence-corrected chi connectivity index (χ0v) is 51.7. The number of nitrogens with zero attached hydrogens (tertiary/aromatic N) is 3. The molecule has 10 unspecified atom stereocenters. The Kier molecular flexibility index (Phi) is 39.4. The number of carbonyl (C=O) groups is 10. The van der Waals surface area contributed by atoms with E-state index >= 15 is 0 Å². The Hall–Kier alpha value is -6.68. The first-order chi connectivity index (χ1) is 42.6. The number of unbranched alkanes of at least 4 members (excludes halogenated alkanes) is 4. The predicted octanol–water partition coefficient (Wildman–Crippen LogP) is -4.92. The monoisotopic (exact) mass is 1260 g/mol. The van der Waals surface area contributed by atoms with E-state index in [-0.39, 0.29) is 95.1 Å². The summed E-state index contributed by atoms with van der Waals surface area (Å²) >= 11 is 0. The zero-order chi connectivity index (χ0) is 66.3. The van der Waals surface area contributed by atoms with Gasteiger partial charge in [-0.15, -0.1) is 0 Å². The molecule has 1 aromatic heterocycles. The van der Waals surface area contributed by atoms with Gasteiger partial charge >= 0.3 is 0 Å². The van der Waals surface area contributed by atoms with Crippen LogP contribution in [0.15, 0.2) is 29.3 Å². The van der Waals surface area contributed by atoms with E-state index in [1.54, 1.807) is 0 Å². The number of nitrogens with one attached hydrogen (secondary N) is 6. The standard InChI is InChI=1S/C58H105N19O12/c59-20-4-1-12-36(53(85)70-25-8-7-23-62)28-47(80)41(16-10-26-71-58(67)68)74-54(86)37(13-2-5-21-60)29-48(81)43(30-38-34-69-35-72-38)75-56(88)44-17-11-27-77(44)57(89)42(15-9-24-63)73-51(84)19-18-45(78)52(50(83)33-65)76-55(87)39(49(82)32-64)31-46(79)40(66)14-3-6-22-61/h16,34-37,39-40,42-44,49-50,52,82-83H,1-15,17-33,59-66H2,(H,69,72)(H,70,85)(H,73,84)(H,74,86)(H,75,88)(H,76,87)(H4,67,68,71)/b41-16-. The molecule has 28 N–H and O–H groups in total. The smallest absolute Gasteiger partial charge is 0.245 e. The molecule has 0 aromatic carbocycles. The minimum atomic E-state index is -1.68. The van der Waals surface area contributed by atoms with Crippen LogP contribution < -0.4 is 83.9 Å². The highest BCUT2D eigenvalue weighted by atomic mass is 16.3. The molecule has 0 bridgehead atoms. The van der Waals surface area contributed by atoms with E-state index in [1.165, 1.54) is 23.5 Å². The predicted molar refractivity (Wildman–Crippen MR) is 334 cm³/mol. The number of aliphatic hydroxyl groups excluding tert-OH is 2. The molecule has 0 saturated carbocycles. The lowest BCUT2D eigenvalue weighted by atomic mass is 9.90. The van der Waals surface area contributed by atoms with Crippen LogP contribution in [-0.4, -0.2) is 197 Å². The molecule has 31 heteroatoms. The highest BCUT2D eigenvalue weighted by molar-refractivity contribution is 6.02. The summed E-state index contributed by atoms with van der Waals surface area (Å²) in [4.78, 5) is 152. The quantitative estimate of drug-likeness (QED) is 0.0126. The molecule has 2 rings (SSSR count). The molecule has 89 heavy (non-hydrogen) atoms. The van der Waals surface area contributed by atoms with Crippen molar-refractivity contribution in [3.05, 3.63) is 30.0 Å². The van der Waals surface area contributed by atoms with Crippen molar-refractivity contribution >= 4 is 64.5 Å². The van der Waals surface area contributed by atoms with Gasteiger partial charge in [0, 0.05) is 95.0 Å². The Morgan fingerprint density at radius 1 is 0.674 bits per heavy atom. The number of hydrogen-bond donors (Lipinski definition) is 18. The number of rotatable bonds is 50. The fourth-order valence-corrected chi connectivity index (χ4v) is 10.2. The molecule has 6 amide bonds. The molecule has 10 atom stereocenters. The Morgan fingerprint density at radius 2 is 1.29 bits per heavy atom. The van der Waals surface area contributed by atoms with Gasteiger partial charge in [-0.25, -0.2) is 4.98 Å². The largest absolute Gasteiger partial charge is 0.391 e. The summed E-state index contributed by atoms with van der Waals surface area (Å²) in [6.45, 7) is 1.21. The van der Waals surface area contributed by atoms with Crippen LogP contribution in [0.1, 0.15) is 141 Å². The van der Waals surface area contributed by atoms with E-state index in [1.807, 2.05) is 0 Å². The molecule has 1 aliphatic heterocycles. The zero-order valence-electron chi connectivity index (χ0n) is 51.7. The third-order valence-electron chi connectivity index (χ3n) is 15.5. The second-order valence-corrected chi connectivity index (χ2v) is 22.6. The lowest BCUT2D eigenvalue weighted by Gasteiger charge is -2.30. The van der Waals surface area contributed by atoms with Crippen molar-refractivity contribution in [3.8, 4) is 0 Å². The minimum Gasteiger partial charge on any atom is -0.391 e. The van der Waals surface area contributed by atoms with Gasteiger partial charge in [0.15, 0.2) is 23.3 Å². The van der Waals surface area contributed by atoms with Gasteiger partial charge in [0.25, 0.3) is 0 Å². The molecule has 0 aliphatic carbocycles. The Morgan fingerprint density at radius 3 is 1.89 bits per heavy atom. The highest BCUT2D eigenvalue weighted by Crippen LogP contribution is 2.24. The molecular weight excluding hydrogens is 1150 g/mol. The number of aliphatic hydroxyl groups is 2. The number of H-pyrrole nitrogens is 1. The lowest BCUT2D eigenvalue weighted by Crippen LogP contribution is -2.56. The van der Waals surface area contributed by atoms with Crippen molar-refractivity contribution < 1.29 is 58.2 Å². The first kappa shape index (κ1) is 78.4.